The van der Waals surface area contributed by atoms with Crippen molar-refractivity contribution in [2.45, 2.75) is 192 Å². The van der Waals surface area contributed by atoms with Gasteiger partial charge in [0.25, 0.3) is 0 Å². The summed E-state index contributed by atoms with van der Waals surface area (Å²) in [5, 5.41) is 0. The average Bonchev–Trinajstić information content (AvgIpc) is 3.22. The molecular weight excluding hydrogens is 673 g/mol. The maximum atomic E-state index is 11.2. The molecule has 5 rings (SSSR count). The molecule has 2 atom stereocenters. The Morgan fingerprint density at radius 1 is 0.407 bits per heavy atom. The van der Waals surface area contributed by atoms with Crippen LogP contribution >= 0.6 is 0 Å². The molecule has 0 aromatic rings. The van der Waals surface area contributed by atoms with Crippen molar-refractivity contribution in [3.8, 4) is 0 Å². The molecule has 6 nitrogen and oxygen atoms in total. The summed E-state index contributed by atoms with van der Waals surface area (Å²) in [6.45, 7) is 9.93. The Hall–Kier alpha value is -1.66. The first-order chi connectivity index (χ1) is 26.5. The predicted molar refractivity (Wildman–Crippen MR) is 219 cm³/mol. The fourth-order valence-electron chi connectivity index (χ4n) is 11.1. The molecule has 0 spiro atoms. The van der Waals surface area contributed by atoms with E-state index in [9.17, 15) is 9.59 Å². The van der Waals surface area contributed by atoms with Crippen LogP contribution in [0.1, 0.15) is 180 Å². The zero-order valence-electron chi connectivity index (χ0n) is 34.4. The fraction of sp³-hybridized carbons (Fsp3) is 0.875. The Morgan fingerprint density at radius 2 is 0.685 bits per heavy atom. The molecule has 308 valence electrons. The number of hydrogen-bond acceptors (Lipinski definition) is 6. The molecule has 0 aromatic heterocycles. The summed E-state index contributed by atoms with van der Waals surface area (Å²) < 4.78 is 23.7. The van der Waals surface area contributed by atoms with Gasteiger partial charge in [0.2, 0.25) is 0 Å². The van der Waals surface area contributed by atoms with E-state index >= 15 is 0 Å². The average molecular weight is 753 g/mol. The molecule has 6 heteroatoms. The minimum atomic E-state index is -0.293. The molecule has 5 aliphatic carbocycles. The van der Waals surface area contributed by atoms with Gasteiger partial charge in [-0.05, 0) is 112 Å². The molecule has 5 fully saturated rings. The van der Waals surface area contributed by atoms with E-state index in [0.29, 0.717) is 25.4 Å². The summed E-state index contributed by atoms with van der Waals surface area (Å²) in [5.41, 5.74) is 0. The second kappa shape index (κ2) is 24.9. The number of carbonyl (C=O) groups is 2. The number of esters is 2. The van der Waals surface area contributed by atoms with Crippen LogP contribution in [-0.2, 0) is 28.5 Å². The van der Waals surface area contributed by atoms with Crippen LogP contribution in [0.2, 0.25) is 0 Å². The molecule has 0 aromatic carbocycles. The van der Waals surface area contributed by atoms with Crippen molar-refractivity contribution < 1.29 is 28.5 Å². The summed E-state index contributed by atoms with van der Waals surface area (Å²) in [6, 6.07) is 0. The van der Waals surface area contributed by atoms with Gasteiger partial charge in [-0.2, -0.15) is 0 Å². The van der Waals surface area contributed by atoms with Crippen molar-refractivity contribution >= 4 is 11.9 Å². The lowest BCUT2D eigenvalue weighted by molar-refractivity contribution is -0.138. The van der Waals surface area contributed by atoms with Crippen LogP contribution in [0.25, 0.3) is 0 Å². The molecule has 5 saturated carbocycles. The lowest BCUT2D eigenvalue weighted by Gasteiger charge is -2.36. The Bertz CT molecular complexity index is 973. The van der Waals surface area contributed by atoms with Gasteiger partial charge in [-0.25, -0.2) is 9.59 Å². The maximum absolute atomic E-state index is 11.2. The van der Waals surface area contributed by atoms with E-state index in [1.165, 1.54) is 179 Å². The van der Waals surface area contributed by atoms with Crippen LogP contribution in [0.5, 0.6) is 0 Å². The van der Waals surface area contributed by atoms with E-state index in [1.54, 1.807) is 0 Å². The maximum Gasteiger partial charge on any atom is 0.330 e. The Morgan fingerprint density at radius 3 is 0.981 bits per heavy atom. The number of ether oxygens (including phenoxy) is 4. The van der Waals surface area contributed by atoms with Crippen LogP contribution in [0.4, 0.5) is 0 Å². The van der Waals surface area contributed by atoms with Gasteiger partial charge in [-0.15, -0.1) is 0 Å². The van der Waals surface area contributed by atoms with E-state index in [1.807, 2.05) is 0 Å². The summed E-state index contributed by atoms with van der Waals surface area (Å²) in [7, 11) is 0. The summed E-state index contributed by atoms with van der Waals surface area (Å²) in [6.07, 6.45) is 40.3. The zero-order chi connectivity index (χ0) is 37.8. The van der Waals surface area contributed by atoms with Gasteiger partial charge in [0.1, 0.15) is 0 Å². The first-order valence-corrected chi connectivity index (χ1v) is 23.3. The van der Waals surface area contributed by atoms with Crippen LogP contribution in [0, 0.1) is 47.3 Å². The van der Waals surface area contributed by atoms with Crippen molar-refractivity contribution in [2.24, 2.45) is 47.3 Å². The quantitative estimate of drug-likeness (QED) is 0.0623. The van der Waals surface area contributed by atoms with E-state index in [0.717, 1.165) is 73.4 Å². The third kappa shape index (κ3) is 16.1. The van der Waals surface area contributed by atoms with Crippen LogP contribution in [0.15, 0.2) is 25.3 Å². The third-order valence-electron chi connectivity index (χ3n) is 14.9. The highest BCUT2D eigenvalue weighted by Gasteiger charge is 2.31. The smallest absolute Gasteiger partial charge is 0.330 e. The second-order valence-corrected chi connectivity index (χ2v) is 18.8. The van der Waals surface area contributed by atoms with E-state index in [4.69, 9.17) is 18.9 Å². The summed E-state index contributed by atoms with van der Waals surface area (Å²) >= 11 is 0. The molecule has 0 N–H and O–H groups in total. The van der Waals surface area contributed by atoms with Gasteiger partial charge in [-0.1, -0.05) is 129 Å². The van der Waals surface area contributed by atoms with Gasteiger partial charge in [0, 0.05) is 25.4 Å². The lowest BCUT2D eigenvalue weighted by Crippen LogP contribution is -2.37. The summed E-state index contributed by atoms with van der Waals surface area (Å²) in [5.74, 6) is 6.28. The molecule has 0 unspecified atom stereocenters. The normalized spacial score (nSPS) is 33.4. The largest absolute Gasteiger partial charge is 0.463 e. The molecule has 54 heavy (non-hydrogen) atoms. The van der Waals surface area contributed by atoms with E-state index < -0.39 is 0 Å². The standard InChI is InChI=1S/C48H80O6/c1-3-47(49)51-33-7-9-37-13-17-39(18-14-37)21-23-41-25-29-43(30-26-41)35-53-45-11-5-6-12-46(45)54-36-44-31-27-42(28-32-44)24-22-40-19-15-38(16-20-40)10-8-34-52-48(50)4-2/h3-4,37-46H,1-2,5-36H2/t37-,38-,39-,40-,41-,42?,43-,44?,45-,46-/m1/s1. The molecule has 0 amide bonds. The predicted octanol–water partition coefficient (Wildman–Crippen LogP) is 12.1. The Balaban J connectivity index is 0.860. The van der Waals surface area contributed by atoms with E-state index in [2.05, 4.69) is 13.2 Å². The minimum absolute atomic E-state index is 0.293. The topological polar surface area (TPSA) is 71.1 Å². The Kier molecular flexibility index (Phi) is 20.0. The third-order valence-corrected chi connectivity index (χ3v) is 14.9. The molecule has 0 aliphatic heterocycles. The first kappa shape index (κ1) is 43.5. The van der Waals surface area contributed by atoms with Crippen molar-refractivity contribution in [1.29, 1.82) is 0 Å². The van der Waals surface area contributed by atoms with Crippen molar-refractivity contribution in [2.75, 3.05) is 26.4 Å². The monoisotopic (exact) mass is 753 g/mol. The van der Waals surface area contributed by atoms with Crippen LogP contribution < -0.4 is 0 Å². The first-order valence-electron chi connectivity index (χ1n) is 23.3. The number of carbonyl (C=O) groups excluding carboxylic acids is 2. The number of hydrogen-bond donors (Lipinski definition) is 0. The van der Waals surface area contributed by atoms with Gasteiger partial charge < -0.3 is 18.9 Å². The van der Waals surface area contributed by atoms with Gasteiger partial charge in [-0.3, -0.25) is 0 Å². The van der Waals surface area contributed by atoms with Gasteiger partial charge >= 0.3 is 11.9 Å². The highest BCUT2D eigenvalue weighted by molar-refractivity contribution is 5.81. The molecule has 0 radical (unpaired) electrons. The van der Waals surface area contributed by atoms with Gasteiger partial charge in [0.15, 0.2) is 0 Å². The molecule has 0 heterocycles. The highest BCUT2D eigenvalue weighted by Crippen LogP contribution is 2.40. The molecule has 0 bridgehead atoms. The van der Waals surface area contributed by atoms with Crippen LogP contribution in [-0.4, -0.2) is 50.6 Å². The summed E-state index contributed by atoms with van der Waals surface area (Å²) in [4.78, 5) is 22.5. The molecular formula is C48H80O6. The van der Waals surface area contributed by atoms with Crippen molar-refractivity contribution in [1.82, 2.24) is 0 Å². The van der Waals surface area contributed by atoms with Crippen LogP contribution in [0.3, 0.4) is 0 Å². The molecule has 5 aliphatic rings. The highest BCUT2D eigenvalue weighted by atomic mass is 16.5. The van der Waals surface area contributed by atoms with Gasteiger partial charge in [0.05, 0.1) is 25.4 Å². The van der Waals surface area contributed by atoms with E-state index in [-0.39, 0.29) is 11.9 Å². The fourth-order valence-corrected chi connectivity index (χ4v) is 11.1. The lowest BCUT2D eigenvalue weighted by atomic mass is 9.75. The minimum Gasteiger partial charge on any atom is -0.463 e. The Labute approximate surface area is 330 Å². The zero-order valence-corrected chi connectivity index (χ0v) is 34.4. The second-order valence-electron chi connectivity index (χ2n) is 18.8. The number of rotatable bonds is 22. The van der Waals surface area contributed by atoms with Crippen molar-refractivity contribution in [3.05, 3.63) is 25.3 Å². The van der Waals surface area contributed by atoms with Crippen molar-refractivity contribution in [3.63, 3.8) is 0 Å². The SMILES string of the molecule is C=CC(=O)OCCC[C@H]1CC[C@H](CCC2CCC(CO[C@@H]3CCCC[C@H]3OC[C@H]3CC[C@H](CC[C@H]4CC[C@H](CCCOC(=O)C=C)CC4)CC3)CC2)CC1. The molecule has 0 saturated heterocycles.